The second-order valence-electron chi connectivity index (χ2n) is 5.40. The standard InChI is InChI=1S/C19H24N2O2/c1-3-4-19(22)21-17-9-7-16(8-10-17)20-14-13-15-5-11-18(23-2)12-6-15/h5-12,20H,3-4,13-14H2,1-2H3,(H,21,22). The van der Waals surface area contributed by atoms with Gasteiger partial charge >= 0.3 is 0 Å². The fourth-order valence-electron chi connectivity index (χ4n) is 2.27. The minimum absolute atomic E-state index is 0.0627. The number of amides is 1. The van der Waals surface area contributed by atoms with E-state index in [-0.39, 0.29) is 5.91 Å². The van der Waals surface area contributed by atoms with Crippen molar-refractivity contribution < 1.29 is 9.53 Å². The van der Waals surface area contributed by atoms with E-state index in [1.165, 1.54) is 5.56 Å². The highest BCUT2D eigenvalue weighted by molar-refractivity contribution is 5.90. The SMILES string of the molecule is CCCC(=O)Nc1ccc(NCCc2ccc(OC)cc2)cc1. The molecular weight excluding hydrogens is 288 g/mol. The Balaban J connectivity index is 1.78. The van der Waals surface area contributed by atoms with Crippen LogP contribution in [0, 0.1) is 0 Å². The van der Waals surface area contributed by atoms with E-state index in [1.54, 1.807) is 7.11 Å². The zero-order valence-electron chi connectivity index (χ0n) is 13.8. The quantitative estimate of drug-likeness (QED) is 0.772. The van der Waals surface area contributed by atoms with Crippen molar-refractivity contribution in [3.63, 3.8) is 0 Å². The second kappa shape index (κ2) is 8.83. The first kappa shape index (κ1) is 16.9. The number of carbonyl (C=O) groups excluding carboxylic acids is 1. The molecule has 0 aliphatic carbocycles. The lowest BCUT2D eigenvalue weighted by molar-refractivity contribution is -0.116. The van der Waals surface area contributed by atoms with E-state index in [9.17, 15) is 4.79 Å². The molecule has 2 N–H and O–H groups in total. The number of hydrogen-bond acceptors (Lipinski definition) is 3. The highest BCUT2D eigenvalue weighted by atomic mass is 16.5. The molecule has 0 unspecified atom stereocenters. The molecule has 2 aromatic rings. The first-order valence-corrected chi connectivity index (χ1v) is 7.98. The Morgan fingerprint density at radius 3 is 2.26 bits per heavy atom. The van der Waals surface area contributed by atoms with Gasteiger partial charge in [0.2, 0.25) is 5.91 Å². The minimum Gasteiger partial charge on any atom is -0.497 e. The van der Waals surface area contributed by atoms with Crippen molar-refractivity contribution in [1.82, 2.24) is 0 Å². The van der Waals surface area contributed by atoms with Gasteiger partial charge in [0.25, 0.3) is 0 Å². The molecule has 0 aromatic heterocycles. The van der Waals surface area contributed by atoms with Crippen LogP contribution in [0.4, 0.5) is 11.4 Å². The summed E-state index contributed by atoms with van der Waals surface area (Å²) in [6.45, 7) is 2.85. The van der Waals surface area contributed by atoms with E-state index < -0.39 is 0 Å². The van der Waals surface area contributed by atoms with Crippen LogP contribution in [0.15, 0.2) is 48.5 Å². The first-order valence-electron chi connectivity index (χ1n) is 7.98. The number of nitrogens with one attached hydrogen (secondary N) is 2. The molecule has 2 aromatic carbocycles. The van der Waals surface area contributed by atoms with Crippen molar-refractivity contribution in [2.45, 2.75) is 26.2 Å². The van der Waals surface area contributed by atoms with E-state index in [0.717, 1.165) is 36.5 Å². The van der Waals surface area contributed by atoms with Gasteiger partial charge in [0.05, 0.1) is 7.11 Å². The number of methoxy groups -OCH3 is 1. The highest BCUT2D eigenvalue weighted by Crippen LogP contribution is 2.15. The van der Waals surface area contributed by atoms with Crippen molar-refractivity contribution in [3.8, 4) is 5.75 Å². The summed E-state index contributed by atoms with van der Waals surface area (Å²) in [5.41, 5.74) is 3.15. The number of hydrogen-bond donors (Lipinski definition) is 2. The zero-order chi connectivity index (χ0) is 16.5. The molecule has 4 nitrogen and oxygen atoms in total. The summed E-state index contributed by atoms with van der Waals surface area (Å²) in [4.78, 5) is 11.5. The molecule has 0 aliphatic rings. The van der Waals surface area contributed by atoms with Crippen molar-refractivity contribution in [1.29, 1.82) is 0 Å². The minimum atomic E-state index is 0.0627. The lowest BCUT2D eigenvalue weighted by atomic mass is 10.1. The Hall–Kier alpha value is -2.49. The number of benzene rings is 2. The van der Waals surface area contributed by atoms with Gasteiger partial charge in [0.15, 0.2) is 0 Å². The Labute approximate surface area is 137 Å². The van der Waals surface area contributed by atoms with Gasteiger partial charge in [0, 0.05) is 24.3 Å². The van der Waals surface area contributed by atoms with Gasteiger partial charge in [-0.3, -0.25) is 4.79 Å². The molecule has 0 atom stereocenters. The van der Waals surface area contributed by atoms with Gasteiger partial charge in [-0.05, 0) is 54.8 Å². The molecule has 0 saturated carbocycles. The van der Waals surface area contributed by atoms with Crippen LogP contribution >= 0.6 is 0 Å². The zero-order valence-corrected chi connectivity index (χ0v) is 13.8. The summed E-state index contributed by atoms with van der Waals surface area (Å²) < 4.78 is 5.15. The lowest BCUT2D eigenvalue weighted by Crippen LogP contribution is -2.10. The van der Waals surface area contributed by atoms with Crippen molar-refractivity contribution >= 4 is 17.3 Å². The highest BCUT2D eigenvalue weighted by Gasteiger charge is 2.01. The molecule has 0 aliphatic heterocycles. The van der Waals surface area contributed by atoms with E-state index in [1.807, 2.05) is 43.3 Å². The third kappa shape index (κ3) is 5.66. The molecule has 0 spiro atoms. The van der Waals surface area contributed by atoms with Gasteiger partial charge in [-0.1, -0.05) is 19.1 Å². The molecular formula is C19H24N2O2. The molecule has 0 radical (unpaired) electrons. The average molecular weight is 312 g/mol. The van der Waals surface area contributed by atoms with Crippen LogP contribution in [0.3, 0.4) is 0 Å². The van der Waals surface area contributed by atoms with Gasteiger partial charge in [0.1, 0.15) is 5.75 Å². The largest absolute Gasteiger partial charge is 0.497 e. The molecule has 0 heterocycles. The molecule has 1 amide bonds. The van der Waals surface area contributed by atoms with Gasteiger partial charge in [-0.2, -0.15) is 0 Å². The van der Waals surface area contributed by atoms with Crippen LogP contribution < -0.4 is 15.4 Å². The normalized spacial score (nSPS) is 10.2. The molecule has 2 rings (SSSR count). The summed E-state index contributed by atoms with van der Waals surface area (Å²) in [5, 5.41) is 6.27. The number of rotatable bonds is 8. The fraction of sp³-hybridized carbons (Fsp3) is 0.316. The topological polar surface area (TPSA) is 50.4 Å². The van der Waals surface area contributed by atoms with Crippen LogP contribution in [0.2, 0.25) is 0 Å². The van der Waals surface area contributed by atoms with Crippen LogP contribution in [-0.2, 0) is 11.2 Å². The second-order valence-corrected chi connectivity index (χ2v) is 5.40. The van der Waals surface area contributed by atoms with Crippen LogP contribution in [-0.4, -0.2) is 19.6 Å². The monoisotopic (exact) mass is 312 g/mol. The van der Waals surface area contributed by atoms with Crippen molar-refractivity contribution in [3.05, 3.63) is 54.1 Å². The average Bonchev–Trinajstić information content (AvgIpc) is 2.57. The van der Waals surface area contributed by atoms with Gasteiger partial charge in [-0.25, -0.2) is 0 Å². The van der Waals surface area contributed by atoms with Crippen LogP contribution in [0.1, 0.15) is 25.3 Å². The number of anilines is 2. The fourth-order valence-corrected chi connectivity index (χ4v) is 2.27. The Morgan fingerprint density at radius 1 is 1.00 bits per heavy atom. The van der Waals surface area contributed by atoms with Crippen LogP contribution in [0.5, 0.6) is 5.75 Å². The molecule has 23 heavy (non-hydrogen) atoms. The van der Waals surface area contributed by atoms with Crippen molar-refractivity contribution in [2.75, 3.05) is 24.3 Å². The Kier molecular flexibility index (Phi) is 6.48. The van der Waals surface area contributed by atoms with Gasteiger partial charge in [-0.15, -0.1) is 0 Å². The summed E-state index contributed by atoms with van der Waals surface area (Å²) in [6, 6.07) is 15.9. The number of carbonyl (C=O) groups is 1. The van der Waals surface area contributed by atoms with E-state index in [0.29, 0.717) is 6.42 Å². The van der Waals surface area contributed by atoms with Gasteiger partial charge < -0.3 is 15.4 Å². The Bertz CT molecular complexity index is 606. The molecule has 0 saturated heterocycles. The molecule has 4 heteroatoms. The third-order valence-electron chi connectivity index (χ3n) is 3.55. The Morgan fingerprint density at radius 2 is 1.65 bits per heavy atom. The summed E-state index contributed by atoms with van der Waals surface area (Å²) >= 11 is 0. The first-order chi connectivity index (χ1) is 11.2. The maximum atomic E-state index is 11.5. The summed E-state index contributed by atoms with van der Waals surface area (Å²) in [6.07, 6.45) is 2.36. The van der Waals surface area contributed by atoms with Crippen LogP contribution in [0.25, 0.3) is 0 Å². The molecule has 0 bridgehead atoms. The van der Waals surface area contributed by atoms with E-state index in [4.69, 9.17) is 4.74 Å². The molecule has 122 valence electrons. The maximum absolute atomic E-state index is 11.5. The summed E-state index contributed by atoms with van der Waals surface area (Å²) in [5.74, 6) is 0.940. The smallest absolute Gasteiger partial charge is 0.224 e. The molecule has 0 fully saturated rings. The van der Waals surface area contributed by atoms with E-state index in [2.05, 4.69) is 22.8 Å². The predicted octanol–water partition coefficient (Wildman–Crippen LogP) is 4.09. The third-order valence-corrected chi connectivity index (χ3v) is 3.55. The summed E-state index contributed by atoms with van der Waals surface area (Å²) in [7, 11) is 1.67. The van der Waals surface area contributed by atoms with E-state index >= 15 is 0 Å². The predicted molar refractivity (Wildman–Crippen MR) is 95.2 cm³/mol. The van der Waals surface area contributed by atoms with Crippen molar-refractivity contribution in [2.24, 2.45) is 0 Å². The number of ether oxygens (including phenoxy) is 1. The maximum Gasteiger partial charge on any atom is 0.224 e. The lowest BCUT2D eigenvalue weighted by Gasteiger charge is -2.09.